The molecule has 2 amide bonds. The van der Waals surface area contributed by atoms with Crippen molar-refractivity contribution in [3.8, 4) is 0 Å². The van der Waals surface area contributed by atoms with Crippen molar-refractivity contribution < 1.29 is 9.59 Å². The number of benzene rings is 1. The summed E-state index contributed by atoms with van der Waals surface area (Å²) in [6, 6.07) is 6.07. The topological polar surface area (TPSA) is 49.4 Å². The van der Waals surface area contributed by atoms with Gasteiger partial charge in [0.25, 0.3) is 5.91 Å². The predicted molar refractivity (Wildman–Crippen MR) is 92.5 cm³/mol. The first-order valence-corrected chi connectivity index (χ1v) is 8.61. The van der Waals surface area contributed by atoms with Crippen LogP contribution in [-0.2, 0) is 4.79 Å². The third kappa shape index (κ3) is 4.81. The SMILES string of the molecule is CC(=O)N(CCNC(=O)c1ccc(C)c(C)c1)C1CCCCC1. The summed E-state index contributed by atoms with van der Waals surface area (Å²) in [5.74, 6) is 0.0394. The zero-order chi connectivity index (χ0) is 16.8. The van der Waals surface area contributed by atoms with Crippen LogP contribution in [0.3, 0.4) is 0 Å². The van der Waals surface area contributed by atoms with Crippen LogP contribution in [0, 0.1) is 13.8 Å². The van der Waals surface area contributed by atoms with Gasteiger partial charge in [0.2, 0.25) is 5.91 Å². The van der Waals surface area contributed by atoms with Gasteiger partial charge >= 0.3 is 0 Å². The van der Waals surface area contributed by atoms with Crippen LogP contribution in [0.25, 0.3) is 0 Å². The zero-order valence-corrected chi connectivity index (χ0v) is 14.5. The third-order valence-corrected chi connectivity index (χ3v) is 4.83. The minimum Gasteiger partial charge on any atom is -0.350 e. The molecule has 1 aliphatic carbocycles. The molecule has 1 N–H and O–H groups in total. The van der Waals surface area contributed by atoms with Crippen LogP contribution in [-0.4, -0.2) is 35.8 Å². The largest absolute Gasteiger partial charge is 0.350 e. The second kappa shape index (κ2) is 8.14. The van der Waals surface area contributed by atoms with Gasteiger partial charge in [-0.15, -0.1) is 0 Å². The number of hydrogen-bond donors (Lipinski definition) is 1. The molecule has 0 atom stereocenters. The van der Waals surface area contributed by atoms with Crippen LogP contribution >= 0.6 is 0 Å². The highest BCUT2D eigenvalue weighted by Crippen LogP contribution is 2.22. The monoisotopic (exact) mass is 316 g/mol. The van der Waals surface area contributed by atoms with Crippen molar-refractivity contribution in [1.82, 2.24) is 10.2 Å². The lowest BCUT2D eigenvalue weighted by atomic mass is 9.94. The second-order valence-corrected chi connectivity index (χ2v) is 6.56. The first-order valence-electron chi connectivity index (χ1n) is 8.61. The number of nitrogens with zero attached hydrogens (tertiary/aromatic N) is 1. The Balaban J connectivity index is 1.87. The van der Waals surface area contributed by atoms with Crippen molar-refractivity contribution in [2.24, 2.45) is 0 Å². The fraction of sp³-hybridized carbons (Fsp3) is 0.579. The first-order chi connectivity index (χ1) is 11.0. The highest BCUT2D eigenvalue weighted by Gasteiger charge is 2.22. The summed E-state index contributed by atoms with van der Waals surface area (Å²) in [5.41, 5.74) is 2.98. The Morgan fingerprint density at radius 1 is 1.13 bits per heavy atom. The van der Waals surface area contributed by atoms with E-state index >= 15 is 0 Å². The molecule has 4 heteroatoms. The number of amides is 2. The number of aryl methyl sites for hydroxylation is 2. The number of carbonyl (C=O) groups is 2. The summed E-state index contributed by atoms with van der Waals surface area (Å²) in [5, 5.41) is 2.94. The van der Waals surface area contributed by atoms with E-state index in [0.29, 0.717) is 24.7 Å². The maximum Gasteiger partial charge on any atom is 0.251 e. The minimum atomic E-state index is -0.0692. The molecule has 126 valence electrons. The maximum atomic E-state index is 12.2. The van der Waals surface area contributed by atoms with Gasteiger partial charge in [-0.3, -0.25) is 9.59 Å². The summed E-state index contributed by atoms with van der Waals surface area (Å²) >= 11 is 0. The van der Waals surface area contributed by atoms with Crippen LogP contribution in [0.4, 0.5) is 0 Å². The molecule has 0 bridgehead atoms. The van der Waals surface area contributed by atoms with E-state index in [1.165, 1.54) is 24.8 Å². The Hall–Kier alpha value is -1.84. The lowest BCUT2D eigenvalue weighted by Crippen LogP contribution is -2.44. The molecule has 1 aliphatic rings. The molecule has 0 spiro atoms. The van der Waals surface area contributed by atoms with E-state index in [0.717, 1.165) is 18.4 Å². The lowest BCUT2D eigenvalue weighted by molar-refractivity contribution is -0.131. The lowest BCUT2D eigenvalue weighted by Gasteiger charge is -2.33. The Morgan fingerprint density at radius 2 is 1.83 bits per heavy atom. The highest BCUT2D eigenvalue weighted by atomic mass is 16.2. The van der Waals surface area contributed by atoms with E-state index < -0.39 is 0 Å². The fourth-order valence-corrected chi connectivity index (χ4v) is 3.26. The van der Waals surface area contributed by atoms with Gasteiger partial charge in [-0.2, -0.15) is 0 Å². The van der Waals surface area contributed by atoms with Gasteiger partial charge in [0.05, 0.1) is 0 Å². The number of hydrogen-bond acceptors (Lipinski definition) is 2. The van der Waals surface area contributed by atoms with Gasteiger partial charge in [-0.1, -0.05) is 25.3 Å². The second-order valence-electron chi connectivity index (χ2n) is 6.56. The van der Waals surface area contributed by atoms with E-state index in [1.54, 1.807) is 6.92 Å². The molecule has 2 rings (SSSR count). The molecule has 0 aromatic heterocycles. The normalized spacial score (nSPS) is 15.3. The molecule has 4 nitrogen and oxygen atoms in total. The quantitative estimate of drug-likeness (QED) is 0.907. The van der Waals surface area contributed by atoms with Crippen LogP contribution in [0.1, 0.15) is 60.5 Å². The molecule has 23 heavy (non-hydrogen) atoms. The molecule has 0 radical (unpaired) electrons. The van der Waals surface area contributed by atoms with E-state index in [1.807, 2.05) is 36.9 Å². The van der Waals surface area contributed by atoms with Crippen molar-refractivity contribution >= 4 is 11.8 Å². The molecular weight excluding hydrogens is 288 g/mol. The maximum absolute atomic E-state index is 12.2. The minimum absolute atomic E-state index is 0.0692. The van der Waals surface area contributed by atoms with Gasteiger partial charge in [0, 0.05) is 31.6 Å². The van der Waals surface area contributed by atoms with E-state index in [9.17, 15) is 9.59 Å². The van der Waals surface area contributed by atoms with Gasteiger partial charge < -0.3 is 10.2 Å². The predicted octanol–water partition coefficient (Wildman–Crippen LogP) is 3.21. The average molecular weight is 316 g/mol. The van der Waals surface area contributed by atoms with Crippen LogP contribution in [0.15, 0.2) is 18.2 Å². The highest BCUT2D eigenvalue weighted by molar-refractivity contribution is 5.94. The average Bonchev–Trinajstić information content (AvgIpc) is 2.54. The summed E-state index contributed by atoms with van der Waals surface area (Å²) in [6.07, 6.45) is 5.84. The Labute approximate surface area is 139 Å². The first kappa shape index (κ1) is 17.5. The smallest absolute Gasteiger partial charge is 0.251 e. The summed E-state index contributed by atoms with van der Waals surface area (Å²) in [6.45, 7) is 6.76. The van der Waals surface area contributed by atoms with Gasteiger partial charge in [0.1, 0.15) is 0 Å². The molecule has 1 aromatic rings. The third-order valence-electron chi connectivity index (χ3n) is 4.83. The van der Waals surface area contributed by atoms with Crippen molar-refractivity contribution in [2.45, 2.75) is 58.9 Å². The van der Waals surface area contributed by atoms with Crippen molar-refractivity contribution in [3.63, 3.8) is 0 Å². The van der Waals surface area contributed by atoms with Crippen LogP contribution in [0.5, 0.6) is 0 Å². The molecule has 0 aliphatic heterocycles. The Kier molecular flexibility index (Phi) is 6.20. The number of nitrogens with one attached hydrogen (secondary N) is 1. The molecule has 1 aromatic carbocycles. The van der Waals surface area contributed by atoms with Crippen LogP contribution in [0.2, 0.25) is 0 Å². The molecule has 0 heterocycles. The zero-order valence-electron chi connectivity index (χ0n) is 14.5. The summed E-state index contributed by atoms with van der Waals surface area (Å²) in [7, 11) is 0. The standard InChI is InChI=1S/C19H28N2O2/c1-14-9-10-17(13-15(14)2)19(23)20-11-12-21(16(3)22)18-7-5-4-6-8-18/h9-10,13,18H,4-8,11-12H2,1-3H3,(H,20,23). The molecule has 0 saturated heterocycles. The van der Waals surface area contributed by atoms with Crippen LogP contribution < -0.4 is 5.32 Å². The molecular formula is C19H28N2O2. The summed E-state index contributed by atoms with van der Waals surface area (Å²) in [4.78, 5) is 26.0. The molecule has 0 unspecified atom stereocenters. The van der Waals surface area contributed by atoms with E-state index in [4.69, 9.17) is 0 Å². The van der Waals surface area contributed by atoms with Crippen molar-refractivity contribution in [3.05, 3.63) is 34.9 Å². The molecule has 1 saturated carbocycles. The fourth-order valence-electron chi connectivity index (χ4n) is 3.26. The van der Waals surface area contributed by atoms with E-state index in [-0.39, 0.29) is 11.8 Å². The van der Waals surface area contributed by atoms with Gasteiger partial charge in [0.15, 0.2) is 0 Å². The van der Waals surface area contributed by atoms with Gasteiger partial charge in [-0.25, -0.2) is 0 Å². The summed E-state index contributed by atoms with van der Waals surface area (Å²) < 4.78 is 0. The number of rotatable bonds is 5. The van der Waals surface area contributed by atoms with Crippen molar-refractivity contribution in [1.29, 1.82) is 0 Å². The number of carbonyl (C=O) groups excluding carboxylic acids is 2. The van der Waals surface area contributed by atoms with Gasteiger partial charge in [-0.05, 0) is 49.9 Å². The van der Waals surface area contributed by atoms with Crippen molar-refractivity contribution in [2.75, 3.05) is 13.1 Å². The molecule has 1 fully saturated rings. The Morgan fingerprint density at radius 3 is 2.43 bits per heavy atom. The Bertz CT molecular complexity index is 562. The van der Waals surface area contributed by atoms with E-state index in [2.05, 4.69) is 5.32 Å².